The number of H-pyrrole nitrogens is 1. The number of nitrogens with zero attached hydrogens (tertiary/aromatic N) is 3. The van der Waals surface area contributed by atoms with E-state index in [9.17, 15) is 9.59 Å². The van der Waals surface area contributed by atoms with Gasteiger partial charge in [-0.05, 0) is 37.1 Å². The van der Waals surface area contributed by atoms with Crippen LogP contribution in [0.4, 0.5) is 0 Å². The minimum Gasteiger partial charge on any atom is -0.342 e. The van der Waals surface area contributed by atoms with Crippen molar-refractivity contribution in [2.45, 2.75) is 19.3 Å². The molecule has 3 aromatic rings. The van der Waals surface area contributed by atoms with Gasteiger partial charge in [-0.25, -0.2) is 9.97 Å². The smallest absolute Gasteiger partial charge is 0.261 e. The van der Waals surface area contributed by atoms with Crippen molar-refractivity contribution in [2.24, 2.45) is 0 Å². The molecule has 4 rings (SSSR count). The van der Waals surface area contributed by atoms with Crippen molar-refractivity contribution in [2.75, 3.05) is 6.54 Å². The Morgan fingerprint density at radius 2 is 1.63 bits per heavy atom. The minimum atomic E-state index is -0.206. The molecule has 0 aliphatic carbocycles. The van der Waals surface area contributed by atoms with Crippen LogP contribution in [-0.4, -0.2) is 38.2 Å². The van der Waals surface area contributed by atoms with Gasteiger partial charge in [-0.2, -0.15) is 0 Å². The van der Waals surface area contributed by atoms with Gasteiger partial charge in [-0.15, -0.1) is 0 Å². The highest BCUT2D eigenvalue weighted by Gasteiger charge is 2.34. The molecule has 0 fully saturated rings. The highest BCUT2D eigenvalue weighted by atomic mass is 35.5. The lowest BCUT2D eigenvalue weighted by atomic mass is 10.1. The van der Waals surface area contributed by atoms with E-state index in [2.05, 4.69) is 15.0 Å². The number of nitrogens with one attached hydrogen (secondary N) is 1. The number of amides is 2. The maximum absolute atomic E-state index is 12.3. The van der Waals surface area contributed by atoms with Crippen molar-refractivity contribution in [3.63, 3.8) is 0 Å². The molecule has 1 aliphatic rings. The Kier molecular flexibility index (Phi) is 4.73. The summed E-state index contributed by atoms with van der Waals surface area (Å²) in [7, 11) is 0. The van der Waals surface area contributed by atoms with Gasteiger partial charge in [0.2, 0.25) is 0 Å². The second-order valence-electron chi connectivity index (χ2n) is 6.35. The molecule has 1 aliphatic heterocycles. The number of imidazole rings is 1. The number of rotatable bonds is 6. The van der Waals surface area contributed by atoms with Gasteiger partial charge < -0.3 is 4.98 Å². The maximum Gasteiger partial charge on any atom is 0.261 e. The van der Waals surface area contributed by atoms with E-state index in [1.165, 1.54) is 4.90 Å². The highest BCUT2D eigenvalue weighted by Crippen LogP contribution is 2.25. The van der Waals surface area contributed by atoms with E-state index in [0.717, 1.165) is 36.3 Å². The summed E-state index contributed by atoms with van der Waals surface area (Å²) in [4.78, 5) is 37.7. The molecule has 136 valence electrons. The first-order valence-electron chi connectivity index (χ1n) is 8.75. The van der Waals surface area contributed by atoms with Gasteiger partial charge in [-0.1, -0.05) is 23.7 Å². The molecule has 0 saturated heterocycles. The Hall–Kier alpha value is -2.99. The second-order valence-corrected chi connectivity index (χ2v) is 6.71. The number of hydrogen-bond donors (Lipinski definition) is 1. The number of imide groups is 1. The van der Waals surface area contributed by atoms with Crippen LogP contribution in [0.5, 0.6) is 0 Å². The fourth-order valence-electron chi connectivity index (χ4n) is 3.22. The van der Waals surface area contributed by atoms with E-state index in [0.29, 0.717) is 22.8 Å². The third-order valence-electron chi connectivity index (χ3n) is 4.60. The zero-order chi connectivity index (χ0) is 18.8. The van der Waals surface area contributed by atoms with Crippen molar-refractivity contribution >= 4 is 23.4 Å². The van der Waals surface area contributed by atoms with Crippen molar-refractivity contribution in [3.05, 3.63) is 70.9 Å². The number of carbonyl (C=O) groups excluding carboxylic acids is 2. The van der Waals surface area contributed by atoms with Gasteiger partial charge in [0.25, 0.3) is 11.8 Å². The molecular weight excluding hydrogens is 364 g/mol. The largest absolute Gasteiger partial charge is 0.342 e. The Morgan fingerprint density at radius 1 is 0.926 bits per heavy atom. The van der Waals surface area contributed by atoms with Crippen LogP contribution in [0.2, 0.25) is 5.15 Å². The SMILES string of the molecule is O=C1c2ccccc2C(=O)N1CCCCc1ncc(-c2cccnc2Cl)[nH]1. The second kappa shape index (κ2) is 7.32. The molecule has 0 atom stereocenters. The first kappa shape index (κ1) is 17.4. The van der Waals surface area contributed by atoms with Crippen molar-refractivity contribution in [1.29, 1.82) is 0 Å². The molecule has 2 aromatic heterocycles. The van der Waals surface area contributed by atoms with Crippen LogP contribution in [-0.2, 0) is 6.42 Å². The molecule has 1 N–H and O–H groups in total. The summed E-state index contributed by atoms with van der Waals surface area (Å²) in [5.74, 6) is 0.427. The van der Waals surface area contributed by atoms with Gasteiger partial charge in [-0.3, -0.25) is 14.5 Å². The number of aromatic amines is 1. The third-order valence-corrected chi connectivity index (χ3v) is 4.90. The van der Waals surface area contributed by atoms with Crippen LogP contribution in [0.25, 0.3) is 11.3 Å². The molecule has 0 unspecified atom stereocenters. The molecule has 0 spiro atoms. The number of benzene rings is 1. The van der Waals surface area contributed by atoms with Gasteiger partial charge in [0.1, 0.15) is 11.0 Å². The molecule has 0 saturated carbocycles. The summed E-state index contributed by atoms with van der Waals surface area (Å²) in [6.07, 6.45) is 5.63. The molecule has 27 heavy (non-hydrogen) atoms. The first-order valence-corrected chi connectivity index (χ1v) is 9.13. The standard InChI is InChI=1S/C20H17ClN4O2/c21-18-15(8-5-10-22-18)16-12-23-17(24-16)9-3-4-11-25-19(26)13-6-1-2-7-14(13)20(25)27/h1-2,5-8,10,12H,3-4,9,11H2,(H,23,24). The first-order chi connectivity index (χ1) is 13.1. The summed E-state index contributed by atoms with van der Waals surface area (Å²) in [5.41, 5.74) is 2.62. The molecule has 7 heteroatoms. The number of unbranched alkanes of at least 4 members (excludes halogenated alkanes) is 1. The van der Waals surface area contributed by atoms with E-state index in [4.69, 9.17) is 11.6 Å². The molecule has 3 heterocycles. The predicted octanol–water partition coefficient (Wildman–Crippen LogP) is 3.74. The number of halogens is 1. The summed E-state index contributed by atoms with van der Waals surface area (Å²) < 4.78 is 0. The summed E-state index contributed by atoms with van der Waals surface area (Å²) in [6.45, 7) is 0.411. The molecule has 2 amide bonds. The van der Waals surface area contributed by atoms with Gasteiger partial charge in [0.05, 0.1) is 23.0 Å². The van der Waals surface area contributed by atoms with E-state index in [1.54, 1.807) is 36.7 Å². The van der Waals surface area contributed by atoms with Crippen LogP contribution in [0.1, 0.15) is 39.4 Å². The number of hydrogen-bond acceptors (Lipinski definition) is 4. The average molecular weight is 381 g/mol. The van der Waals surface area contributed by atoms with Crippen molar-refractivity contribution in [1.82, 2.24) is 19.9 Å². The lowest BCUT2D eigenvalue weighted by Gasteiger charge is -2.13. The Balaban J connectivity index is 1.32. The fraction of sp³-hybridized carbons (Fsp3) is 0.200. The van der Waals surface area contributed by atoms with E-state index < -0.39 is 0 Å². The van der Waals surface area contributed by atoms with Gasteiger partial charge >= 0.3 is 0 Å². The Labute approximate surface area is 161 Å². The zero-order valence-corrected chi connectivity index (χ0v) is 15.2. The van der Waals surface area contributed by atoms with Crippen LogP contribution in [0, 0.1) is 0 Å². The lowest BCUT2D eigenvalue weighted by molar-refractivity contribution is 0.0652. The molecule has 0 radical (unpaired) electrons. The van der Waals surface area contributed by atoms with Crippen LogP contribution in [0.15, 0.2) is 48.8 Å². The zero-order valence-electron chi connectivity index (χ0n) is 14.5. The normalized spacial score (nSPS) is 13.3. The number of carbonyl (C=O) groups is 2. The maximum atomic E-state index is 12.3. The number of aromatic nitrogens is 3. The highest BCUT2D eigenvalue weighted by molar-refractivity contribution is 6.32. The van der Waals surface area contributed by atoms with Crippen LogP contribution >= 0.6 is 11.6 Å². The lowest BCUT2D eigenvalue weighted by Crippen LogP contribution is -2.30. The molecule has 6 nitrogen and oxygen atoms in total. The van der Waals surface area contributed by atoms with Gasteiger partial charge in [0.15, 0.2) is 0 Å². The molecular formula is C20H17ClN4O2. The van der Waals surface area contributed by atoms with Crippen molar-refractivity contribution in [3.8, 4) is 11.3 Å². The van der Waals surface area contributed by atoms with Crippen molar-refractivity contribution < 1.29 is 9.59 Å². The summed E-state index contributed by atoms with van der Waals surface area (Å²) in [6, 6.07) is 10.7. The minimum absolute atomic E-state index is 0.206. The van der Waals surface area contributed by atoms with Crippen LogP contribution < -0.4 is 0 Å². The Morgan fingerprint density at radius 3 is 2.33 bits per heavy atom. The van der Waals surface area contributed by atoms with Crippen LogP contribution in [0.3, 0.4) is 0 Å². The fourth-order valence-corrected chi connectivity index (χ4v) is 3.44. The predicted molar refractivity (Wildman–Crippen MR) is 102 cm³/mol. The quantitative estimate of drug-likeness (QED) is 0.401. The Bertz CT molecular complexity index is 979. The molecule has 1 aromatic carbocycles. The van der Waals surface area contributed by atoms with Gasteiger partial charge in [0, 0.05) is 24.7 Å². The van der Waals surface area contributed by atoms with E-state index in [1.807, 2.05) is 12.1 Å². The number of aryl methyl sites for hydroxylation is 1. The third kappa shape index (κ3) is 3.36. The topological polar surface area (TPSA) is 79.0 Å². The summed E-state index contributed by atoms with van der Waals surface area (Å²) in [5, 5.41) is 0.429. The number of pyridine rings is 1. The monoisotopic (exact) mass is 380 g/mol. The number of fused-ring (bicyclic) bond motifs is 1. The average Bonchev–Trinajstić information content (AvgIpc) is 3.24. The summed E-state index contributed by atoms with van der Waals surface area (Å²) >= 11 is 6.10. The van der Waals surface area contributed by atoms with E-state index in [-0.39, 0.29) is 11.8 Å². The molecule has 0 bridgehead atoms. The van der Waals surface area contributed by atoms with E-state index >= 15 is 0 Å².